The molecule has 2 aromatic carbocycles. The van der Waals surface area contributed by atoms with Gasteiger partial charge < -0.3 is 4.74 Å². The number of aldehydes is 1. The highest BCUT2D eigenvalue weighted by Gasteiger charge is 2.16. The van der Waals surface area contributed by atoms with E-state index in [4.69, 9.17) is 16.3 Å². The number of benzene rings is 2. The third-order valence-electron chi connectivity index (χ3n) is 2.63. The van der Waals surface area contributed by atoms with Crippen molar-refractivity contribution in [3.63, 3.8) is 0 Å². The van der Waals surface area contributed by atoms with Crippen LogP contribution in [-0.2, 0) is 0 Å². The molecule has 2 rings (SSSR count). The molecule has 0 radical (unpaired) electrons. The Labute approximate surface area is 124 Å². The number of hydrogen-bond donors (Lipinski definition) is 0. The van der Waals surface area contributed by atoms with E-state index in [0.29, 0.717) is 6.29 Å². The van der Waals surface area contributed by atoms with E-state index in [1.807, 2.05) is 0 Å². The van der Waals surface area contributed by atoms with Gasteiger partial charge in [0, 0.05) is 12.1 Å². The smallest absolute Gasteiger partial charge is 0.345 e. The molecule has 7 heteroatoms. The first-order chi connectivity index (χ1) is 10.0. The minimum Gasteiger partial charge on any atom is -0.422 e. The molecule has 0 aliphatic carbocycles. The van der Waals surface area contributed by atoms with Crippen LogP contribution in [-0.4, -0.2) is 17.2 Å². The molecule has 106 valence electrons. The van der Waals surface area contributed by atoms with Crippen LogP contribution < -0.4 is 4.74 Å². The molecule has 0 saturated carbocycles. The molecule has 0 heterocycles. The van der Waals surface area contributed by atoms with Gasteiger partial charge in [-0.3, -0.25) is 14.9 Å². The molecule has 6 nitrogen and oxygen atoms in total. The third-order valence-corrected chi connectivity index (χ3v) is 2.96. The van der Waals surface area contributed by atoms with E-state index in [1.165, 1.54) is 18.2 Å². The van der Waals surface area contributed by atoms with Gasteiger partial charge in [0.05, 0.1) is 21.1 Å². The van der Waals surface area contributed by atoms with Gasteiger partial charge in [-0.15, -0.1) is 0 Å². The van der Waals surface area contributed by atoms with E-state index in [2.05, 4.69) is 0 Å². The number of nitro groups is 1. The van der Waals surface area contributed by atoms with E-state index in [1.54, 1.807) is 12.1 Å². The van der Waals surface area contributed by atoms with E-state index < -0.39 is 10.9 Å². The number of nitrogens with zero attached hydrogens (tertiary/aromatic N) is 1. The first-order valence-electron chi connectivity index (χ1n) is 5.73. The average Bonchev–Trinajstić information content (AvgIpc) is 2.47. The molecule has 0 saturated heterocycles. The van der Waals surface area contributed by atoms with Crippen LogP contribution in [0, 0.1) is 10.1 Å². The maximum Gasteiger partial charge on any atom is 0.345 e. The van der Waals surface area contributed by atoms with Crippen molar-refractivity contribution in [3.05, 3.63) is 68.7 Å². The van der Waals surface area contributed by atoms with Gasteiger partial charge in [-0.25, -0.2) is 4.79 Å². The Bertz CT molecular complexity index is 729. The normalized spacial score (nSPS) is 9.95. The van der Waals surface area contributed by atoms with Gasteiger partial charge in [-0.2, -0.15) is 0 Å². The molecule has 0 fully saturated rings. The number of hydrogen-bond acceptors (Lipinski definition) is 5. The maximum atomic E-state index is 12.0. The van der Waals surface area contributed by atoms with Crippen LogP contribution in [0.4, 0.5) is 5.69 Å². The largest absolute Gasteiger partial charge is 0.422 e. The summed E-state index contributed by atoms with van der Waals surface area (Å²) in [5, 5.41) is 10.8. The number of nitro benzene ring substituents is 1. The zero-order valence-corrected chi connectivity index (χ0v) is 11.2. The third kappa shape index (κ3) is 3.24. The molecule has 0 aromatic heterocycles. The fourth-order valence-corrected chi connectivity index (χ4v) is 1.83. The highest BCUT2D eigenvalue weighted by molar-refractivity contribution is 6.33. The summed E-state index contributed by atoms with van der Waals surface area (Å²) in [6.07, 6.45) is 0.377. The summed E-state index contributed by atoms with van der Waals surface area (Å²) in [6, 6.07) is 9.62. The maximum absolute atomic E-state index is 12.0. The molecule has 0 aliphatic heterocycles. The van der Waals surface area contributed by atoms with Gasteiger partial charge in [0.1, 0.15) is 5.75 Å². The standard InChI is InChI=1S/C14H8ClNO5/c15-12-4-2-1-3-11(12)14(18)21-13-6-5-10(16(19)20)7-9(13)8-17/h1-8H. The van der Waals surface area contributed by atoms with Crippen LogP contribution in [0.25, 0.3) is 0 Å². The predicted molar refractivity (Wildman–Crippen MR) is 74.9 cm³/mol. The number of esters is 1. The van der Waals surface area contributed by atoms with Crippen molar-refractivity contribution < 1.29 is 19.2 Å². The van der Waals surface area contributed by atoms with Crippen LogP contribution >= 0.6 is 11.6 Å². The van der Waals surface area contributed by atoms with Crippen molar-refractivity contribution >= 4 is 29.5 Å². The molecular weight excluding hydrogens is 298 g/mol. The molecule has 0 amide bonds. The SMILES string of the molecule is O=Cc1cc([N+](=O)[O-])ccc1OC(=O)c1ccccc1Cl. The van der Waals surface area contributed by atoms with Crippen LogP contribution in [0.3, 0.4) is 0 Å². The monoisotopic (exact) mass is 305 g/mol. The molecular formula is C14H8ClNO5. The molecule has 0 bridgehead atoms. The Kier molecular flexibility index (Phi) is 4.30. The zero-order chi connectivity index (χ0) is 15.4. The van der Waals surface area contributed by atoms with Gasteiger partial charge in [0.2, 0.25) is 0 Å². The minimum absolute atomic E-state index is 0.0690. The highest BCUT2D eigenvalue weighted by atomic mass is 35.5. The fraction of sp³-hybridized carbons (Fsp3) is 0. The summed E-state index contributed by atoms with van der Waals surface area (Å²) >= 11 is 5.87. The van der Waals surface area contributed by atoms with E-state index in [9.17, 15) is 19.7 Å². The molecule has 2 aromatic rings. The molecule has 0 spiro atoms. The van der Waals surface area contributed by atoms with Crippen molar-refractivity contribution in [1.82, 2.24) is 0 Å². The lowest BCUT2D eigenvalue weighted by Crippen LogP contribution is -2.10. The molecule has 0 aliphatic rings. The summed E-state index contributed by atoms with van der Waals surface area (Å²) in [6.45, 7) is 0. The first kappa shape index (κ1) is 14.7. The summed E-state index contributed by atoms with van der Waals surface area (Å²) < 4.78 is 5.06. The number of carbonyl (C=O) groups excluding carboxylic acids is 2. The average molecular weight is 306 g/mol. The Balaban J connectivity index is 2.31. The number of carbonyl (C=O) groups is 2. The highest BCUT2D eigenvalue weighted by Crippen LogP contribution is 2.24. The summed E-state index contributed by atoms with van der Waals surface area (Å²) in [5.41, 5.74) is -0.228. The van der Waals surface area contributed by atoms with Crippen LogP contribution in [0.1, 0.15) is 20.7 Å². The van der Waals surface area contributed by atoms with Crippen molar-refractivity contribution in [2.24, 2.45) is 0 Å². The second kappa shape index (κ2) is 6.15. The van der Waals surface area contributed by atoms with Crippen LogP contribution in [0.2, 0.25) is 5.02 Å². The topological polar surface area (TPSA) is 86.5 Å². The fourth-order valence-electron chi connectivity index (χ4n) is 1.62. The van der Waals surface area contributed by atoms with Crippen molar-refractivity contribution in [2.75, 3.05) is 0 Å². The van der Waals surface area contributed by atoms with Gasteiger partial charge in [0.25, 0.3) is 5.69 Å². The summed E-state index contributed by atoms with van der Waals surface area (Å²) in [7, 11) is 0. The first-order valence-corrected chi connectivity index (χ1v) is 6.11. The Morgan fingerprint density at radius 1 is 1.24 bits per heavy atom. The number of rotatable bonds is 4. The van der Waals surface area contributed by atoms with E-state index in [-0.39, 0.29) is 27.6 Å². The van der Waals surface area contributed by atoms with Gasteiger partial charge in [-0.05, 0) is 18.2 Å². The zero-order valence-electron chi connectivity index (χ0n) is 10.5. The Morgan fingerprint density at radius 2 is 1.95 bits per heavy atom. The lowest BCUT2D eigenvalue weighted by molar-refractivity contribution is -0.384. The molecule has 0 unspecified atom stereocenters. The number of halogens is 1. The Morgan fingerprint density at radius 3 is 2.57 bits per heavy atom. The van der Waals surface area contributed by atoms with Crippen molar-refractivity contribution in [1.29, 1.82) is 0 Å². The minimum atomic E-state index is -0.752. The van der Waals surface area contributed by atoms with Gasteiger partial charge in [0.15, 0.2) is 6.29 Å². The van der Waals surface area contributed by atoms with Gasteiger partial charge >= 0.3 is 5.97 Å². The lowest BCUT2D eigenvalue weighted by Gasteiger charge is -2.07. The molecule has 0 N–H and O–H groups in total. The quantitative estimate of drug-likeness (QED) is 0.284. The Hall–Kier alpha value is -2.73. The number of ether oxygens (including phenoxy) is 1. The number of non-ortho nitro benzene ring substituents is 1. The second-order valence-corrected chi connectivity index (χ2v) is 4.37. The lowest BCUT2D eigenvalue weighted by atomic mass is 10.2. The van der Waals surface area contributed by atoms with Crippen LogP contribution in [0.5, 0.6) is 5.75 Å². The molecule has 21 heavy (non-hydrogen) atoms. The predicted octanol–water partition coefficient (Wildman–Crippen LogP) is 3.28. The summed E-state index contributed by atoms with van der Waals surface area (Å²) in [5.74, 6) is -0.821. The van der Waals surface area contributed by atoms with E-state index >= 15 is 0 Å². The van der Waals surface area contributed by atoms with E-state index in [0.717, 1.165) is 12.1 Å². The second-order valence-electron chi connectivity index (χ2n) is 3.97. The van der Waals surface area contributed by atoms with Crippen molar-refractivity contribution in [3.8, 4) is 5.75 Å². The van der Waals surface area contributed by atoms with Gasteiger partial charge in [-0.1, -0.05) is 23.7 Å². The summed E-state index contributed by atoms with van der Waals surface area (Å²) in [4.78, 5) is 32.9. The van der Waals surface area contributed by atoms with Crippen molar-refractivity contribution in [2.45, 2.75) is 0 Å². The molecule has 0 atom stereocenters. The van der Waals surface area contributed by atoms with Crippen LogP contribution in [0.15, 0.2) is 42.5 Å².